The Labute approximate surface area is 113 Å². The molecule has 0 aromatic heterocycles. The first kappa shape index (κ1) is 13.8. The molecule has 1 atom stereocenters. The first-order valence-corrected chi connectivity index (χ1v) is 6.49. The largest absolute Gasteiger partial charge is 0.495 e. The number of carbonyl (C=O) groups is 1. The summed E-state index contributed by atoms with van der Waals surface area (Å²) in [4.78, 5) is 14.0. The van der Waals surface area contributed by atoms with Gasteiger partial charge in [-0.15, -0.1) is 0 Å². The molecule has 1 aromatic carbocycles. The molecule has 2 N–H and O–H groups in total. The highest BCUT2D eigenvalue weighted by molar-refractivity contribution is 5.93. The summed E-state index contributed by atoms with van der Waals surface area (Å²) in [6.07, 6.45) is 0.957. The monoisotopic (exact) mass is 264 g/mol. The number of para-hydroxylation sites is 2. The zero-order chi connectivity index (χ0) is 13.7. The lowest BCUT2D eigenvalue weighted by atomic mass is 10.1. The second-order valence-corrected chi connectivity index (χ2v) is 4.82. The minimum Gasteiger partial charge on any atom is -0.495 e. The minimum atomic E-state index is -0.0527. The number of ether oxygens (including phenoxy) is 1. The van der Waals surface area contributed by atoms with Gasteiger partial charge in [-0.3, -0.25) is 9.69 Å². The molecule has 0 saturated carbocycles. The van der Waals surface area contributed by atoms with Gasteiger partial charge in [0.15, 0.2) is 0 Å². The van der Waals surface area contributed by atoms with Crippen molar-refractivity contribution < 1.29 is 14.6 Å². The lowest BCUT2D eigenvalue weighted by Crippen LogP contribution is -2.32. The van der Waals surface area contributed by atoms with Crippen LogP contribution in [0.3, 0.4) is 0 Å². The maximum absolute atomic E-state index is 12.0. The van der Waals surface area contributed by atoms with E-state index in [-0.39, 0.29) is 12.5 Å². The van der Waals surface area contributed by atoms with E-state index < -0.39 is 0 Å². The number of aliphatic hydroxyl groups excluding tert-OH is 1. The molecule has 1 aromatic rings. The average molecular weight is 264 g/mol. The van der Waals surface area contributed by atoms with Crippen molar-refractivity contribution in [3.05, 3.63) is 24.3 Å². The molecule has 1 saturated heterocycles. The normalized spacial score (nSPS) is 19.4. The van der Waals surface area contributed by atoms with Gasteiger partial charge in [-0.2, -0.15) is 0 Å². The summed E-state index contributed by atoms with van der Waals surface area (Å²) in [6, 6.07) is 7.35. The van der Waals surface area contributed by atoms with Gasteiger partial charge in [0.25, 0.3) is 0 Å². The minimum absolute atomic E-state index is 0.0527. The van der Waals surface area contributed by atoms with Crippen molar-refractivity contribution >= 4 is 11.6 Å². The predicted molar refractivity (Wildman–Crippen MR) is 73.3 cm³/mol. The summed E-state index contributed by atoms with van der Waals surface area (Å²) < 4.78 is 5.19. The highest BCUT2D eigenvalue weighted by atomic mass is 16.5. The molecular weight excluding hydrogens is 244 g/mol. The lowest BCUT2D eigenvalue weighted by Gasteiger charge is -2.16. The van der Waals surface area contributed by atoms with E-state index in [1.54, 1.807) is 7.11 Å². The molecule has 1 amide bonds. The van der Waals surface area contributed by atoms with E-state index in [4.69, 9.17) is 9.84 Å². The fourth-order valence-corrected chi connectivity index (χ4v) is 2.35. The van der Waals surface area contributed by atoms with Crippen LogP contribution in [0, 0.1) is 5.92 Å². The molecule has 5 heteroatoms. The second kappa shape index (κ2) is 6.54. The van der Waals surface area contributed by atoms with E-state index in [2.05, 4.69) is 10.2 Å². The smallest absolute Gasteiger partial charge is 0.238 e. The standard InChI is InChI=1S/C14H20N2O3/c1-19-13-5-3-2-4-12(13)15-14(18)9-16-7-6-11(8-16)10-17/h2-5,11,17H,6-10H2,1H3,(H,15,18). The maximum Gasteiger partial charge on any atom is 0.238 e. The number of carbonyl (C=O) groups excluding carboxylic acids is 1. The summed E-state index contributed by atoms with van der Waals surface area (Å²) in [5.74, 6) is 0.910. The van der Waals surface area contributed by atoms with E-state index in [1.807, 2.05) is 24.3 Å². The molecule has 0 radical (unpaired) electrons. The molecule has 0 spiro atoms. The molecule has 19 heavy (non-hydrogen) atoms. The molecule has 0 bridgehead atoms. The van der Waals surface area contributed by atoms with E-state index >= 15 is 0 Å². The number of methoxy groups -OCH3 is 1. The molecule has 1 unspecified atom stereocenters. The van der Waals surface area contributed by atoms with Crippen LogP contribution in [-0.2, 0) is 4.79 Å². The summed E-state index contributed by atoms with van der Waals surface area (Å²) in [7, 11) is 1.58. The third kappa shape index (κ3) is 3.68. The Kier molecular flexibility index (Phi) is 4.76. The summed E-state index contributed by atoms with van der Waals surface area (Å²) >= 11 is 0. The van der Waals surface area contributed by atoms with Crippen molar-refractivity contribution in [3.63, 3.8) is 0 Å². The molecule has 0 aliphatic carbocycles. The number of benzene rings is 1. The SMILES string of the molecule is COc1ccccc1NC(=O)CN1CCC(CO)C1. The molecule has 1 heterocycles. The highest BCUT2D eigenvalue weighted by Crippen LogP contribution is 2.23. The first-order valence-electron chi connectivity index (χ1n) is 6.49. The van der Waals surface area contributed by atoms with Gasteiger partial charge in [-0.25, -0.2) is 0 Å². The van der Waals surface area contributed by atoms with E-state index in [1.165, 1.54) is 0 Å². The second-order valence-electron chi connectivity index (χ2n) is 4.82. The number of hydrogen-bond donors (Lipinski definition) is 2. The van der Waals surface area contributed by atoms with Gasteiger partial charge in [0.2, 0.25) is 5.91 Å². The van der Waals surface area contributed by atoms with Gasteiger partial charge in [0.1, 0.15) is 5.75 Å². The number of nitrogens with zero attached hydrogens (tertiary/aromatic N) is 1. The van der Waals surface area contributed by atoms with Crippen molar-refractivity contribution in [1.29, 1.82) is 0 Å². The molecule has 104 valence electrons. The van der Waals surface area contributed by atoms with Crippen molar-refractivity contribution in [2.45, 2.75) is 6.42 Å². The van der Waals surface area contributed by atoms with Crippen molar-refractivity contribution in [2.75, 3.05) is 38.7 Å². The van der Waals surface area contributed by atoms with E-state index in [0.29, 0.717) is 23.9 Å². The van der Waals surface area contributed by atoms with Crippen molar-refractivity contribution in [3.8, 4) is 5.75 Å². The van der Waals surface area contributed by atoms with Crippen LogP contribution in [0.2, 0.25) is 0 Å². The van der Waals surface area contributed by atoms with Gasteiger partial charge < -0.3 is 15.2 Å². The van der Waals surface area contributed by atoms with Gasteiger partial charge in [0, 0.05) is 13.2 Å². The van der Waals surface area contributed by atoms with Crippen LogP contribution in [-0.4, -0.2) is 49.3 Å². The van der Waals surface area contributed by atoms with Crippen molar-refractivity contribution in [2.24, 2.45) is 5.92 Å². The predicted octanol–water partition coefficient (Wildman–Crippen LogP) is 0.948. The summed E-state index contributed by atoms with van der Waals surface area (Å²) in [5, 5.41) is 11.9. The lowest BCUT2D eigenvalue weighted by molar-refractivity contribution is -0.117. The number of rotatable bonds is 5. The number of aliphatic hydroxyl groups is 1. The molecule has 1 aliphatic heterocycles. The zero-order valence-electron chi connectivity index (χ0n) is 11.1. The Balaban J connectivity index is 1.87. The van der Waals surface area contributed by atoms with Crippen LogP contribution >= 0.6 is 0 Å². The highest BCUT2D eigenvalue weighted by Gasteiger charge is 2.23. The first-order chi connectivity index (χ1) is 9.22. The summed E-state index contributed by atoms with van der Waals surface area (Å²) in [6.45, 7) is 2.21. The quantitative estimate of drug-likeness (QED) is 0.831. The summed E-state index contributed by atoms with van der Waals surface area (Å²) in [5.41, 5.74) is 0.688. The van der Waals surface area contributed by atoms with Gasteiger partial charge in [-0.05, 0) is 31.0 Å². The third-order valence-electron chi connectivity index (χ3n) is 3.38. The molecule has 2 rings (SSSR count). The van der Waals surface area contributed by atoms with Gasteiger partial charge >= 0.3 is 0 Å². The Morgan fingerprint density at radius 2 is 2.32 bits per heavy atom. The van der Waals surface area contributed by atoms with Crippen molar-refractivity contribution in [1.82, 2.24) is 4.90 Å². The number of anilines is 1. The Morgan fingerprint density at radius 1 is 1.53 bits per heavy atom. The van der Waals surface area contributed by atoms with Crippen LogP contribution in [0.25, 0.3) is 0 Å². The maximum atomic E-state index is 12.0. The average Bonchev–Trinajstić information content (AvgIpc) is 2.87. The van der Waals surface area contributed by atoms with Gasteiger partial charge in [-0.1, -0.05) is 12.1 Å². The third-order valence-corrected chi connectivity index (χ3v) is 3.38. The van der Waals surface area contributed by atoms with E-state index in [0.717, 1.165) is 19.5 Å². The van der Waals surface area contributed by atoms with Crippen LogP contribution in [0.1, 0.15) is 6.42 Å². The Hall–Kier alpha value is -1.59. The number of likely N-dealkylation sites (tertiary alicyclic amines) is 1. The molecular formula is C14H20N2O3. The fraction of sp³-hybridized carbons (Fsp3) is 0.500. The number of hydrogen-bond acceptors (Lipinski definition) is 4. The molecule has 1 fully saturated rings. The Bertz CT molecular complexity index is 436. The molecule has 1 aliphatic rings. The molecule has 5 nitrogen and oxygen atoms in total. The van der Waals surface area contributed by atoms with Crippen LogP contribution < -0.4 is 10.1 Å². The number of amides is 1. The number of nitrogens with one attached hydrogen (secondary N) is 1. The van der Waals surface area contributed by atoms with Crippen LogP contribution in [0.15, 0.2) is 24.3 Å². The Morgan fingerprint density at radius 3 is 3.00 bits per heavy atom. The van der Waals surface area contributed by atoms with Gasteiger partial charge in [0.05, 0.1) is 19.3 Å². The zero-order valence-corrected chi connectivity index (χ0v) is 11.1. The topological polar surface area (TPSA) is 61.8 Å². The van der Waals surface area contributed by atoms with E-state index in [9.17, 15) is 4.79 Å². The van der Waals surface area contributed by atoms with Crippen LogP contribution in [0.5, 0.6) is 5.75 Å². The fourth-order valence-electron chi connectivity index (χ4n) is 2.35. The van der Waals surface area contributed by atoms with Crippen LogP contribution in [0.4, 0.5) is 5.69 Å².